The van der Waals surface area contributed by atoms with Crippen molar-refractivity contribution in [3.05, 3.63) is 53.2 Å². The van der Waals surface area contributed by atoms with Crippen molar-refractivity contribution in [2.45, 2.75) is 6.92 Å². The lowest BCUT2D eigenvalue weighted by molar-refractivity contribution is 0.102. The van der Waals surface area contributed by atoms with Crippen molar-refractivity contribution in [1.82, 2.24) is 10.2 Å². The maximum absolute atomic E-state index is 12.2. The van der Waals surface area contributed by atoms with Crippen LogP contribution < -0.4 is 11.1 Å². The predicted molar refractivity (Wildman–Crippen MR) is 77.1 cm³/mol. The average molecular weight is 266 g/mol. The number of nitrogens with two attached hydrogens (primary N) is 1. The molecule has 0 aliphatic carbocycles. The summed E-state index contributed by atoms with van der Waals surface area (Å²) in [5, 5.41) is 10.2. The summed E-state index contributed by atoms with van der Waals surface area (Å²) in [5.74, 6) is 5.80. The highest BCUT2D eigenvalue weighted by atomic mass is 16.1. The molecule has 0 aliphatic heterocycles. The van der Waals surface area contributed by atoms with E-state index in [9.17, 15) is 4.79 Å². The number of hydrogen-bond donors (Lipinski definition) is 2. The lowest BCUT2D eigenvalue weighted by Gasteiger charge is -2.06. The molecule has 0 unspecified atom stereocenters. The van der Waals surface area contributed by atoms with Crippen molar-refractivity contribution in [2.24, 2.45) is 5.73 Å². The fraction of sp³-hybridized carbons (Fsp3) is 0.133. The van der Waals surface area contributed by atoms with Gasteiger partial charge in [0, 0.05) is 11.8 Å². The molecule has 100 valence electrons. The molecule has 1 aromatic carbocycles. The Morgan fingerprint density at radius 2 is 2.25 bits per heavy atom. The fourth-order valence-electron chi connectivity index (χ4n) is 1.66. The Labute approximate surface area is 117 Å². The summed E-state index contributed by atoms with van der Waals surface area (Å²) in [7, 11) is 0. The number of rotatable bonds is 2. The molecule has 0 saturated heterocycles. The standard InChI is InChI=1S/C15H14N4O/c1-11-6-7-13(12(10-11)4-2-8-16)15(20)18-14-5-3-9-17-19-14/h3,5-7,9-10H,8,16H2,1H3,(H,18,19,20). The van der Waals surface area contributed by atoms with Gasteiger partial charge in [0.1, 0.15) is 0 Å². The Kier molecular flexibility index (Phi) is 4.43. The summed E-state index contributed by atoms with van der Waals surface area (Å²) < 4.78 is 0. The Morgan fingerprint density at radius 3 is 2.95 bits per heavy atom. The Bertz CT molecular complexity index is 671. The van der Waals surface area contributed by atoms with Gasteiger partial charge in [0.15, 0.2) is 5.82 Å². The van der Waals surface area contributed by atoms with Gasteiger partial charge in [-0.15, -0.1) is 5.10 Å². The molecule has 3 N–H and O–H groups in total. The number of anilines is 1. The van der Waals surface area contributed by atoms with Crippen LogP contribution in [0.5, 0.6) is 0 Å². The molecule has 0 atom stereocenters. The maximum Gasteiger partial charge on any atom is 0.258 e. The molecule has 1 aromatic heterocycles. The second kappa shape index (κ2) is 6.45. The summed E-state index contributed by atoms with van der Waals surface area (Å²) >= 11 is 0. The minimum Gasteiger partial charge on any atom is -0.320 e. The molecular weight excluding hydrogens is 252 g/mol. The Morgan fingerprint density at radius 1 is 1.40 bits per heavy atom. The van der Waals surface area contributed by atoms with E-state index in [4.69, 9.17) is 5.73 Å². The van der Waals surface area contributed by atoms with Crippen molar-refractivity contribution in [2.75, 3.05) is 11.9 Å². The van der Waals surface area contributed by atoms with Crippen molar-refractivity contribution >= 4 is 11.7 Å². The molecule has 0 aliphatic rings. The third-order valence-electron chi connectivity index (χ3n) is 2.56. The smallest absolute Gasteiger partial charge is 0.258 e. The summed E-state index contributed by atoms with van der Waals surface area (Å²) in [6.07, 6.45) is 1.54. The van der Waals surface area contributed by atoms with Crippen LogP contribution in [0, 0.1) is 18.8 Å². The molecule has 2 aromatic rings. The van der Waals surface area contributed by atoms with E-state index >= 15 is 0 Å². The first-order valence-corrected chi connectivity index (χ1v) is 6.09. The van der Waals surface area contributed by atoms with Gasteiger partial charge in [-0.2, -0.15) is 5.10 Å². The largest absolute Gasteiger partial charge is 0.320 e. The van der Waals surface area contributed by atoms with E-state index in [1.807, 2.05) is 19.1 Å². The van der Waals surface area contributed by atoms with Crippen LogP contribution >= 0.6 is 0 Å². The summed E-state index contributed by atoms with van der Waals surface area (Å²) in [6.45, 7) is 2.19. The molecule has 5 nitrogen and oxygen atoms in total. The quantitative estimate of drug-likeness (QED) is 0.804. The number of aromatic nitrogens is 2. The Balaban J connectivity index is 2.30. The summed E-state index contributed by atoms with van der Waals surface area (Å²) in [6, 6.07) is 8.83. The van der Waals surface area contributed by atoms with Gasteiger partial charge in [-0.25, -0.2) is 0 Å². The van der Waals surface area contributed by atoms with E-state index in [1.165, 1.54) is 0 Å². The van der Waals surface area contributed by atoms with Gasteiger partial charge in [0.25, 0.3) is 5.91 Å². The van der Waals surface area contributed by atoms with E-state index in [2.05, 4.69) is 27.4 Å². The zero-order valence-corrected chi connectivity index (χ0v) is 11.1. The minimum atomic E-state index is -0.271. The van der Waals surface area contributed by atoms with Crippen LogP contribution in [0.3, 0.4) is 0 Å². The molecule has 0 fully saturated rings. The van der Waals surface area contributed by atoms with E-state index in [0.29, 0.717) is 16.9 Å². The zero-order valence-electron chi connectivity index (χ0n) is 11.1. The van der Waals surface area contributed by atoms with Crippen LogP contribution in [0.15, 0.2) is 36.5 Å². The number of aryl methyl sites for hydroxylation is 1. The number of nitrogens with one attached hydrogen (secondary N) is 1. The van der Waals surface area contributed by atoms with Gasteiger partial charge in [-0.1, -0.05) is 17.9 Å². The molecule has 0 saturated carbocycles. The van der Waals surface area contributed by atoms with Crippen molar-refractivity contribution in [1.29, 1.82) is 0 Å². The first kappa shape index (κ1) is 13.7. The van der Waals surface area contributed by atoms with Gasteiger partial charge in [-0.05, 0) is 36.8 Å². The van der Waals surface area contributed by atoms with Gasteiger partial charge in [0.2, 0.25) is 0 Å². The number of benzene rings is 1. The van der Waals surface area contributed by atoms with Crippen LogP contribution in [0.1, 0.15) is 21.5 Å². The van der Waals surface area contributed by atoms with Crippen LogP contribution in [0.2, 0.25) is 0 Å². The predicted octanol–water partition coefficient (Wildman–Crippen LogP) is 1.35. The topological polar surface area (TPSA) is 80.9 Å². The number of nitrogens with zero attached hydrogens (tertiary/aromatic N) is 2. The highest BCUT2D eigenvalue weighted by Crippen LogP contribution is 2.12. The fourth-order valence-corrected chi connectivity index (χ4v) is 1.66. The van der Waals surface area contributed by atoms with Gasteiger partial charge in [0.05, 0.1) is 12.1 Å². The van der Waals surface area contributed by atoms with Crippen LogP contribution in [0.4, 0.5) is 5.82 Å². The first-order valence-electron chi connectivity index (χ1n) is 6.09. The molecule has 0 spiro atoms. The van der Waals surface area contributed by atoms with Crippen molar-refractivity contribution in [3.8, 4) is 11.8 Å². The Hall–Kier alpha value is -2.71. The number of hydrogen-bond acceptors (Lipinski definition) is 4. The van der Waals surface area contributed by atoms with Gasteiger partial charge >= 0.3 is 0 Å². The third-order valence-corrected chi connectivity index (χ3v) is 2.56. The number of carbonyl (C=O) groups excluding carboxylic acids is 1. The summed E-state index contributed by atoms with van der Waals surface area (Å²) in [4.78, 5) is 12.2. The monoisotopic (exact) mass is 266 g/mol. The highest BCUT2D eigenvalue weighted by Gasteiger charge is 2.11. The molecular formula is C15H14N4O. The number of carbonyl (C=O) groups is 1. The lowest BCUT2D eigenvalue weighted by atomic mass is 10.0. The molecule has 5 heteroatoms. The van der Waals surface area contributed by atoms with E-state index in [1.54, 1.807) is 24.4 Å². The molecule has 0 bridgehead atoms. The van der Waals surface area contributed by atoms with E-state index in [-0.39, 0.29) is 12.5 Å². The second-order valence-electron chi connectivity index (χ2n) is 4.12. The lowest BCUT2D eigenvalue weighted by Crippen LogP contribution is -2.15. The molecule has 0 radical (unpaired) electrons. The van der Waals surface area contributed by atoms with E-state index < -0.39 is 0 Å². The normalized spacial score (nSPS) is 9.50. The molecule has 2 rings (SSSR count). The number of amides is 1. The van der Waals surface area contributed by atoms with Gasteiger partial charge in [-0.3, -0.25) is 4.79 Å². The minimum absolute atomic E-state index is 0.249. The molecule has 1 heterocycles. The molecule has 1 amide bonds. The summed E-state index contributed by atoms with van der Waals surface area (Å²) in [5.41, 5.74) is 7.54. The highest BCUT2D eigenvalue weighted by molar-refractivity contribution is 6.05. The van der Waals surface area contributed by atoms with Crippen molar-refractivity contribution in [3.63, 3.8) is 0 Å². The van der Waals surface area contributed by atoms with Crippen LogP contribution in [-0.4, -0.2) is 22.6 Å². The maximum atomic E-state index is 12.2. The van der Waals surface area contributed by atoms with Gasteiger partial charge < -0.3 is 11.1 Å². The van der Waals surface area contributed by atoms with E-state index in [0.717, 1.165) is 5.56 Å². The first-order chi connectivity index (χ1) is 9.70. The van der Waals surface area contributed by atoms with Crippen LogP contribution in [0.25, 0.3) is 0 Å². The zero-order chi connectivity index (χ0) is 14.4. The second-order valence-corrected chi connectivity index (χ2v) is 4.12. The molecule has 20 heavy (non-hydrogen) atoms. The third kappa shape index (κ3) is 3.40. The van der Waals surface area contributed by atoms with Crippen LogP contribution in [-0.2, 0) is 0 Å². The van der Waals surface area contributed by atoms with Crippen molar-refractivity contribution < 1.29 is 4.79 Å². The SMILES string of the molecule is Cc1ccc(C(=O)Nc2cccnn2)c(C#CCN)c1. The average Bonchev–Trinajstić information content (AvgIpc) is 2.46.